The number of esters is 3. The van der Waals surface area contributed by atoms with E-state index < -0.39 is 6.10 Å². The average Bonchev–Trinajstić information content (AvgIpc) is 3.41. The summed E-state index contributed by atoms with van der Waals surface area (Å²) in [4.78, 5) is 38.2. The summed E-state index contributed by atoms with van der Waals surface area (Å²) in [5, 5.41) is 0. The zero-order valence-electron chi connectivity index (χ0n) is 49.0. The minimum atomic E-state index is -0.785. The molecular formula is C69H116O6. The largest absolute Gasteiger partial charge is 0.462 e. The molecule has 0 aliphatic rings. The first kappa shape index (κ1) is 71.1. The van der Waals surface area contributed by atoms with E-state index in [-0.39, 0.29) is 31.1 Å². The summed E-state index contributed by atoms with van der Waals surface area (Å²) in [5.74, 6) is -0.895. The third-order valence-electron chi connectivity index (χ3n) is 13.3. The number of hydrogen-bond donors (Lipinski definition) is 0. The third kappa shape index (κ3) is 60.8. The molecule has 0 heterocycles. The Bertz CT molecular complexity index is 1520. The summed E-state index contributed by atoms with van der Waals surface area (Å²) in [6.07, 6.45) is 85.2. The van der Waals surface area contributed by atoms with Crippen molar-refractivity contribution in [3.8, 4) is 0 Å². The van der Waals surface area contributed by atoms with Crippen LogP contribution in [0.25, 0.3) is 0 Å². The second-order valence-corrected chi connectivity index (χ2v) is 20.6. The molecule has 1 unspecified atom stereocenters. The minimum absolute atomic E-state index is 0.0820. The second kappa shape index (κ2) is 62.6. The highest BCUT2D eigenvalue weighted by molar-refractivity contribution is 5.71. The molecule has 0 aromatic carbocycles. The van der Waals surface area contributed by atoms with Crippen molar-refractivity contribution in [1.29, 1.82) is 0 Å². The molecule has 0 spiro atoms. The summed E-state index contributed by atoms with van der Waals surface area (Å²) < 4.78 is 16.9. The molecule has 75 heavy (non-hydrogen) atoms. The standard InChI is InChI=1S/C69H116O6/c1-4-7-10-13-16-19-21-23-25-27-29-30-31-32-33-34-35-36-37-38-40-41-43-45-47-50-53-56-59-62-68(71)74-65-66(64-73-67(70)61-58-55-52-49-18-15-12-9-6-3)75-69(72)63-60-57-54-51-48-46-44-42-39-28-26-24-22-20-17-14-11-8-5-2/h7,10,16-17,19-20,23-26,29-30,32-33,35-36,38,40,66H,4-6,8-9,11-15,18,21-22,27-28,31,34,37,39,41-65H2,1-3H3/b10-7-,19-16-,20-17-,25-23-,26-24-,30-29-,33-32-,36-35-,40-38-. The number of ether oxygens (including phenoxy) is 3. The molecule has 0 saturated heterocycles. The quantitative estimate of drug-likeness (QED) is 0.0261. The van der Waals surface area contributed by atoms with Crippen LogP contribution in [0.4, 0.5) is 0 Å². The van der Waals surface area contributed by atoms with E-state index in [0.29, 0.717) is 19.3 Å². The van der Waals surface area contributed by atoms with Crippen molar-refractivity contribution < 1.29 is 28.6 Å². The van der Waals surface area contributed by atoms with Crippen LogP contribution in [-0.4, -0.2) is 37.2 Å². The maximum atomic E-state index is 12.9. The zero-order chi connectivity index (χ0) is 54.3. The lowest BCUT2D eigenvalue weighted by atomic mass is 10.1. The third-order valence-corrected chi connectivity index (χ3v) is 13.3. The van der Waals surface area contributed by atoms with Crippen LogP contribution in [0.2, 0.25) is 0 Å². The Hall–Kier alpha value is -3.93. The highest BCUT2D eigenvalue weighted by Crippen LogP contribution is 2.15. The van der Waals surface area contributed by atoms with E-state index in [1.165, 1.54) is 135 Å². The molecular weight excluding hydrogens is 925 g/mol. The highest BCUT2D eigenvalue weighted by atomic mass is 16.6. The Morgan fingerprint density at radius 3 is 0.840 bits per heavy atom. The van der Waals surface area contributed by atoms with Crippen molar-refractivity contribution in [3.63, 3.8) is 0 Å². The van der Waals surface area contributed by atoms with E-state index in [2.05, 4.69) is 130 Å². The first-order chi connectivity index (χ1) is 37.0. The number of allylic oxidation sites excluding steroid dienone is 18. The van der Waals surface area contributed by atoms with Gasteiger partial charge in [-0.25, -0.2) is 0 Å². The number of unbranched alkanes of at least 4 members (excludes halogenated alkanes) is 27. The predicted octanol–water partition coefficient (Wildman–Crippen LogP) is 21.4. The van der Waals surface area contributed by atoms with Gasteiger partial charge in [0.25, 0.3) is 0 Å². The van der Waals surface area contributed by atoms with Crippen molar-refractivity contribution in [2.45, 2.75) is 297 Å². The van der Waals surface area contributed by atoms with E-state index in [1.807, 2.05) is 0 Å². The van der Waals surface area contributed by atoms with Gasteiger partial charge in [0.2, 0.25) is 0 Å². The molecule has 0 aliphatic heterocycles. The first-order valence-corrected chi connectivity index (χ1v) is 31.4. The minimum Gasteiger partial charge on any atom is -0.462 e. The fourth-order valence-electron chi connectivity index (χ4n) is 8.57. The monoisotopic (exact) mass is 1040 g/mol. The molecule has 0 bridgehead atoms. The van der Waals surface area contributed by atoms with Gasteiger partial charge in [0.05, 0.1) is 0 Å². The Kier molecular flexibility index (Phi) is 59.3. The molecule has 428 valence electrons. The smallest absolute Gasteiger partial charge is 0.306 e. The predicted molar refractivity (Wildman–Crippen MR) is 325 cm³/mol. The summed E-state index contributed by atoms with van der Waals surface area (Å²) in [6.45, 7) is 6.48. The van der Waals surface area contributed by atoms with Gasteiger partial charge in [-0.2, -0.15) is 0 Å². The van der Waals surface area contributed by atoms with Crippen LogP contribution < -0.4 is 0 Å². The molecule has 0 fully saturated rings. The number of carbonyl (C=O) groups excluding carboxylic acids is 3. The molecule has 0 rings (SSSR count). The van der Waals surface area contributed by atoms with E-state index >= 15 is 0 Å². The maximum Gasteiger partial charge on any atom is 0.306 e. The molecule has 0 aliphatic carbocycles. The first-order valence-electron chi connectivity index (χ1n) is 31.4. The maximum absolute atomic E-state index is 12.9. The lowest BCUT2D eigenvalue weighted by molar-refractivity contribution is -0.167. The lowest BCUT2D eigenvalue weighted by Gasteiger charge is -2.18. The van der Waals surface area contributed by atoms with Crippen LogP contribution in [0.15, 0.2) is 109 Å². The van der Waals surface area contributed by atoms with Gasteiger partial charge in [0.1, 0.15) is 13.2 Å². The molecule has 6 nitrogen and oxygen atoms in total. The Morgan fingerprint density at radius 2 is 0.520 bits per heavy atom. The lowest BCUT2D eigenvalue weighted by Crippen LogP contribution is -2.30. The van der Waals surface area contributed by atoms with Crippen molar-refractivity contribution in [3.05, 3.63) is 109 Å². The number of rotatable bonds is 56. The van der Waals surface area contributed by atoms with E-state index in [0.717, 1.165) is 116 Å². The van der Waals surface area contributed by atoms with Gasteiger partial charge < -0.3 is 14.2 Å². The SMILES string of the molecule is CC/C=C\C/C=C\C/C=C\C/C=C\C/C=C\C/C=C\C/C=C\CCCCCCCCCC(=O)OCC(COC(=O)CCCCCCCCCCC)OC(=O)CCCCCCCCCCC/C=C\C/C=C\CCCCC. The molecule has 6 heteroatoms. The summed E-state index contributed by atoms with van der Waals surface area (Å²) in [7, 11) is 0. The van der Waals surface area contributed by atoms with Gasteiger partial charge in [-0.15, -0.1) is 0 Å². The van der Waals surface area contributed by atoms with Crippen LogP contribution >= 0.6 is 0 Å². The Morgan fingerprint density at radius 1 is 0.280 bits per heavy atom. The zero-order valence-corrected chi connectivity index (χ0v) is 49.0. The molecule has 0 saturated carbocycles. The van der Waals surface area contributed by atoms with Gasteiger partial charge in [-0.05, 0) is 109 Å². The molecule has 1 atom stereocenters. The Balaban J connectivity index is 4.26. The summed E-state index contributed by atoms with van der Waals surface area (Å²) in [5.41, 5.74) is 0. The van der Waals surface area contributed by atoms with Gasteiger partial charge in [0, 0.05) is 19.3 Å². The average molecular weight is 1040 g/mol. The van der Waals surface area contributed by atoms with Gasteiger partial charge in [-0.1, -0.05) is 271 Å². The molecule has 0 amide bonds. The summed E-state index contributed by atoms with van der Waals surface area (Å²) in [6, 6.07) is 0. The fraction of sp³-hybridized carbons (Fsp3) is 0.696. The molecule has 0 radical (unpaired) electrons. The Labute approximate surface area is 463 Å². The van der Waals surface area contributed by atoms with Crippen molar-refractivity contribution >= 4 is 17.9 Å². The number of carbonyl (C=O) groups is 3. The van der Waals surface area contributed by atoms with Crippen molar-refractivity contribution in [1.82, 2.24) is 0 Å². The summed E-state index contributed by atoms with van der Waals surface area (Å²) >= 11 is 0. The van der Waals surface area contributed by atoms with Gasteiger partial charge in [0.15, 0.2) is 6.10 Å². The van der Waals surface area contributed by atoms with E-state index in [9.17, 15) is 14.4 Å². The topological polar surface area (TPSA) is 78.9 Å². The van der Waals surface area contributed by atoms with Crippen molar-refractivity contribution in [2.75, 3.05) is 13.2 Å². The van der Waals surface area contributed by atoms with Crippen LogP contribution in [0, 0.1) is 0 Å². The van der Waals surface area contributed by atoms with E-state index in [4.69, 9.17) is 14.2 Å². The van der Waals surface area contributed by atoms with Crippen LogP contribution in [-0.2, 0) is 28.6 Å². The number of hydrogen-bond acceptors (Lipinski definition) is 6. The normalized spacial score (nSPS) is 12.8. The molecule has 0 N–H and O–H groups in total. The van der Waals surface area contributed by atoms with Crippen molar-refractivity contribution in [2.24, 2.45) is 0 Å². The van der Waals surface area contributed by atoms with Crippen LogP contribution in [0.5, 0.6) is 0 Å². The second-order valence-electron chi connectivity index (χ2n) is 20.6. The molecule has 0 aromatic rings. The van der Waals surface area contributed by atoms with E-state index in [1.54, 1.807) is 0 Å². The van der Waals surface area contributed by atoms with Gasteiger partial charge >= 0.3 is 17.9 Å². The fourth-order valence-corrected chi connectivity index (χ4v) is 8.57. The van der Waals surface area contributed by atoms with Gasteiger partial charge in [-0.3, -0.25) is 14.4 Å². The highest BCUT2D eigenvalue weighted by Gasteiger charge is 2.19. The van der Waals surface area contributed by atoms with Crippen LogP contribution in [0.1, 0.15) is 290 Å². The van der Waals surface area contributed by atoms with Crippen LogP contribution in [0.3, 0.4) is 0 Å². The molecule has 0 aromatic heterocycles.